The number of nitrogens with one attached hydrogen (secondary N) is 1. The summed E-state index contributed by atoms with van der Waals surface area (Å²) < 4.78 is 0. The van der Waals surface area contributed by atoms with Crippen molar-refractivity contribution in [2.45, 2.75) is 51.6 Å². The van der Waals surface area contributed by atoms with Crippen LogP contribution >= 0.6 is 23.2 Å². The van der Waals surface area contributed by atoms with Crippen LogP contribution in [0, 0.1) is 0 Å². The second-order valence-corrected chi connectivity index (χ2v) is 6.59. The summed E-state index contributed by atoms with van der Waals surface area (Å²) in [6, 6.07) is 7.02. The van der Waals surface area contributed by atoms with Crippen LogP contribution in [0.25, 0.3) is 0 Å². The molecule has 21 heavy (non-hydrogen) atoms. The molecule has 1 unspecified atom stereocenters. The Morgan fingerprint density at radius 1 is 1.24 bits per heavy atom. The van der Waals surface area contributed by atoms with Gasteiger partial charge in [0.15, 0.2) is 0 Å². The van der Waals surface area contributed by atoms with Gasteiger partial charge < -0.3 is 10.2 Å². The van der Waals surface area contributed by atoms with Crippen molar-refractivity contribution in [2.24, 2.45) is 0 Å². The van der Waals surface area contributed by atoms with Crippen molar-refractivity contribution in [1.29, 1.82) is 0 Å². The summed E-state index contributed by atoms with van der Waals surface area (Å²) in [5.74, 6) is 0. The zero-order valence-corrected chi connectivity index (χ0v) is 14.6. The van der Waals surface area contributed by atoms with E-state index in [9.17, 15) is 0 Å². The highest BCUT2D eigenvalue weighted by Gasteiger charge is 2.28. The lowest BCUT2D eigenvalue weighted by molar-refractivity contribution is 0.248. The average Bonchev–Trinajstić information content (AvgIpc) is 3.30. The summed E-state index contributed by atoms with van der Waals surface area (Å²) in [5.41, 5.74) is 1.12. The maximum Gasteiger partial charge on any atom is 0.0640 e. The maximum atomic E-state index is 6.39. The van der Waals surface area contributed by atoms with Crippen molar-refractivity contribution >= 4 is 23.2 Å². The highest BCUT2D eigenvalue weighted by atomic mass is 35.5. The Hall–Kier alpha value is -0.280. The molecule has 0 bridgehead atoms. The molecule has 1 aromatic carbocycles. The zero-order valence-electron chi connectivity index (χ0n) is 13.0. The first-order chi connectivity index (χ1) is 10.2. The average molecular weight is 329 g/mol. The van der Waals surface area contributed by atoms with Crippen LogP contribution in [-0.4, -0.2) is 30.6 Å². The van der Waals surface area contributed by atoms with E-state index in [4.69, 9.17) is 23.2 Å². The van der Waals surface area contributed by atoms with Crippen molar-refractivity contribution in [1.82, 2.24) is 10.2 Å². The van der Waals surface area contributed by atoms with Gasteiger partial charge in [0.05, 0.1) is 10.0 Å². The van der Waals surface area contributed by atoms with E-state index in [0.29, 0.717) is 10.0 Å². The monoisotopic (exact) mass is 328 g/mol. The number of hydrogen-bond donors (Lipinski definition) is 1. The van der Waals surface area contributed by atoms with Crippen molar-refractivity contribution in [3.63, 3.8) is 0 Å². The molecular weight excluding hydrogens is 303 g/mol. The van der Waals surface area contributed by atoms with Gasteiger partial charge in [-0.3, -0.25) is 0 Å². The first-order valence-electron chi connectivity index (χ1n) is 8.08. The van der Waals surface area contributed by atoms with E-state index in [-0.39, 0.29) is 6.04 Å². The standard InChI is InChI=1S/C17H26Cl2N2/c1-3-11-21(13-8-9-13)12-10-16(20-4-2)14-6-5-7-15(18)17(14)19/h5-7,13,16,20H,3-4,8-12H2,1-2H3. The summed E-state index contributed by atoms with van der Waals surface area (Å²) >= 11 is 12.6. The van der Waals surface area contributed by atoms with Crippen molar-refractivity contribution in [3.05, 3.63) is 33.8 Å². The smallest absolute Gasteiger partial charge is 0.0640 e. The van der Waals surface area contributed by atoms with Crippen LogP contribution < -0.4 is 5.32 Å². The number of halogens is 2. The predicted octanol–water partition coefficient (Wildman–Crippen LogP) is 4.91. The molecule has 2 nitrogen and oxygen atoms in total. The van der Waals surface area contributed by atoms with Gasteiger partial charge in [-0.1, -0.05) is 49.2 Å². The molecule has 1 N–H and O–H groups in total. The van der Waals surface area contributed by atoms with E-state index < -0.39 is 0 Å². The third kappa shape index (κ3) is 4.85. The molecule has 118 valence electrons. The zero-order chi connectivity index (χ0) is 15.2. The van der Waals surface area contributed by atoms with Crippen LogP contribution in [0.2, 0.25) is 10.0 Å². The van der Waals surface area contributed by atoms with Gasteiger partial charge in [0, 0.05) is 18.6 Å². The molecule has 1 aliphatic rings. The minimum Gasteiger partial charge on any atom is -0.310 e. The summed E-state index contributed by atoms with van der Waals surface area (Å²) in [6.07, 6.45) is 5.03. The maximum absolute atomic E-state index is 6.39. The van der Waals surface area contributed by atoms with Crippen LogP contribution in [0.1, 0.15) is 51.1 Å². The largest absolute Gasteiger partial charge is 0.310 e. The molecule has 1 aliphatic carbocycles. The third-order valence-corrected chi connectivity index (χ3v) is 4.92. The second kappa shape index (κ2) is 8.38. The van der Waals surface area contributed by atoms with E-state index in [0.717, 1.165) is 31.1 Å². The Bertz CT molecular complexity index is 446. The molecule has 1 fully saturated rings. The molecule has 1 saturated carbocycles. The van der Waals surface area contributed by atoms with Gasteiger partial charge in [-0.25, -0.2) is 0 Å². The molecule has 0 radical (unpaired) electrons. The second-order valence-electron chi connectivity index (χ2n) is 5.81. The normalized spacial score (nSPS) is 16.4. The van der Waals surface area contributed by atoms with Crippen molar-refractivity contribution < 1.29 is 0 Å². The fourth-order valence-corrected chi connectivity index (χ4v) is 3.34. The molecule has 0 saturated heterocycles. The van der Waals surface area contributed by atoms with Crippen LogP contribution in [0.15, 0.2) is 18.2 Å². The van der Waals surface area contributed by atoms with Gasteiger partial charge in [-0.05, 0) is 50.4 Å². The van der Waals surface area contributed by atoms with Crippen LogP contribution in [0.3, 0.4) is 0 Å². The van der Waals surface area contributed by atoms with Gasteiger partial charge in [-0.2, -0.15) is 0 Å². The van der Waals surface area contributed by atoms with Gasteiger partial charge in [-0.15, -0.1) is 0 Å². The number of rotatable bonds is 9. The number of nitrogens with zero attached hydrogens (tertiary/aromatic N) is 1. The molecule has 1 atom stereocenters. The molecule has 4 heteroatoms. The van der Waals surface area contributed by atoms with Gasteiger partial charge in [0.25, 0.3) is 0 Å². The lowest BCUT2D eigenvalue weighted by Crippen LogP contribution is -2.32. The molecule has 0 heterocycles. The highest BCUT2D eigenvalue weighted by Crippen LogP contribution is 2.33. The van der Waals surface area contributed by atoms with Crippen LogP contribution in [-0.2, 0) is 0 Å². The summed E-state index contributed by atoms with van der Waals surface area (Å²) in [6.45, 7) is 7.65. The fourth-order valence-electron chi connectivity index (χ4n) is 2.90. The minimum absolute atomic E-state index is 0.277. The Balaban J connectivity index is 2.02. The molecule has 0 spiro atoms. The molecule has 1 aromatic rings. The Morgan fingerprint density at radius 2 is 2.00 bits per heavy atom. The molecule has 0 amide bonds. The SMILES string of the molecule is CCCN(CCC(NCC)c1cccc(Cl)c1Cl)C1CC1. The quantitative estimate of drug-likeness (QED) is 0.692. The Morgan fingerprint density at radius 3 is 2.62 bits per heavy atom. The van der Waals surface area contributed by atoms with E-state index in [2.05, 4.69) is 30.1 Å². The van der Waals surface area contributed by atoms with Crippen molar-refractivity contribution in [2.75, 3.05) is 19.6 Å². The summed E-state index contributed by atoms with van der Waals surface area (Å²) in [7, 11) is 0. The fraction of sp³-hybridized carbons (Fsp3) is 0.647. The lowest BCUT2D eigenvalue weighted by Gasteiger charge is -2.26. The lowest BCUT2D eigenvalue weighted by atomic mass is 10.0. The molecular formula is C17H26Cl2N2. The minimum atomic E-state index is 0.277. The third-order valence-electron chi connectivity index (χ3n) is 4.09. The van der Waals surface area contributed by atoms with Gasteiger partial charge in [0.1, 0.15) is 0 Å². The van der Waals surface area contributed by atoms with E-state index in [1.54, 1.807) is 0 Å². The van der Waals surface area contributed by atoms with Crippen LogP contribution in [0.5, 0.6) is 0 Å². The van der Waals surface area contributed by atoms with E-state index in [1.165, 1.54) is 25.8 Å². The topological polar surface area (TPSA) is 15.3 Å². The number of benzene rings is 1. The summed E-state index contributed by atoms with van der Waals surface area (Å²) in [4.78, 5) is 2.63. The molecule has 2 rings (SSSR count). The first kappa shape index (κ1) is 17.1. The van der Waals surface area contributed by atoms with Crippen LogP contribution in [0.4, 0.5) is 0 Å². The number of hydrogen-bond acceptors (Lipinski definition) is 2. The molecule has 0 aromatic heterocycles. The highest BCUT2D eigenvalue weighted by molar-refractivity contribution is 6.42. The molecule has 0 aliphatic heterocycles. The first-order valence-corrected chi connectivity index (χ1v) is 8.84. The summed E-state index contributed by atoms with van der Waals surface area (Å²) in [5, 5.41) is 4.89. The van der Waals surface area contributed by atoms with E-state index >= 15 is 0 Å². The Labute approximate surface area is 138 Å². The Kier molecular flexibility index (Phi) is 6.81. The predicted molar refractivity (Wildman–Crippen MR) is 92.4 cm³/mol. The van der Waals surface area contributed by atoms with E-state index in [1.807, 2.05) is 12.1 Å². The van der Waals surface area contributed by atoms with Gasteiger partial charge >= 0.3 is 0 Å². The van der Waals surface area contributed by atoms with Crippen molar-refractivity contribution in [3.8, 4) is 0 Å². The van der Waals surface area contributed by atoms with Gasteiger partial charge in [0.2, 0.25) is 0 Å².